The third kappa shape index (κ3) is 2.58. The highest BCUT2D eigenvalue weighted by Gasteiger charge is 2.26. The molecule has 0 spiro atoms. The van der Waals surface area contributed by atoms with Crippen LogP contribution in [0.4, 0.5) is 5.82 Å². The van der Waals surface area contributed by atoms with Crippen LogP contribution in [0.3, 0.4) is 0 Å². The lowest BCUT2D eigenvalue weighted by Crippen LogP contribution is -2.37. The smallest absolute Gasteiger partial charge is 0.134 e. The molecule has 1 fully saturated rings. The topological polar surface area (TPSA) is 41.5 Å². The second kappa shape index (κ2) is 5.43. The van der Waals surface area contributed by atoms with Crippen LogP contribution < -0.4 is 4.90 Å². The molecule has 5 nitrogen and oxygen atoms in total. The van der Waals surface area contributed by atoms with Gasteiger partial charge in [0.25, 0.3) is 0 Å². The Bertz CT molecular complexity index is 443. The predicted octanol–water partition coefficient (Wildman–Crippen LogP) is 0.732. The lowest BCUT2D eigenvalue weighted by atomic mass is 10.1. The van der Waals surface area contributed by atoms with Gasteiger partial charge in [-0.2, -0.15) is 0 Å². The monoisotopic (exact) mass is 262 g/mol. The predicted molar refractivity (Wildman–Crippen MR) is 74.6 cm³/mol. The number of hydrogen-bond acceptors (Lipinski definition) is 5. The van der Waals surface area contributed by atoms with Crippen LogP contribution >= 0.6 is 0 Å². The van der Waals surface area contributed by atoms with Gasteiger partial charge in [0.05, 0.1) is 12.3 Å². The lowest BCUT2D eigenvalue weighted by molar-refractivity contribution is 0.147. The van der Waals surface area contributed by atoms with Gasteiger partial charge in [-0.15, -0.1) is 0 Å². The van der Waals surface area contributed by atoms with E-state index in [4.69, 9.17) is 4.74 Å². The quantitative estimate of drug-likeness (QED) is 0.786. The Morgan fingerprint density at radius 1 is 1.26 bits per heavy atom. The first-order chi connectivity index (χ1) is 9.25. The summed E-state index contributed by atoms with van der Waals surface area (Å²) in [5.41, 5.74) is 2.55. The van der Waals surface area contributed by atoms with Crippen molar-refractivity contribution >= 4 is 5.82 Å². The molecule has 0 aromatic carbocycles. The molecular formula is C14H22N4O. The van der Waals surface area contributed by atoms with E-state index >= 15 is 0 Å². The molecule has 0 amide bonds. The van der Waals surface area contributed by atoms with E-state index in [0.717, 1.165) is 45.0 Å². The van der Waals surface area contributed by atoms with Crippen molar-refractivity contribution < 1.29 is 4.74 Å². The largest absolute Gasteiger partial charge is 0.380 e. The van der Waals surface area contributed by atoms with Crippen molar-refractivity contribution in [1.29, 1.82) is 0 Å². The van der Waals surface area contributed by atoms with Crippen molar-refractivity contribution in [3.63, 3.8) is 0 Å². The summed E-state index contributed by atoms with van der Waals surface area (Å²) in [6.45, 7) is 3.99. The van der Waals surface area contributed by atoms with Gasteiger partial charge >= 0.3 is 0 Å². The second-order valence-corrected chi connectivity index (χ2v) is 5.57. The minimum atomic E-state index is 0.602. The van der Waals surface area contributed by atoms with E-state index in [-0.39, 0.29) is 0 Å². The van der Waals surface area contributed by atoms with Crippen LogP contribution in [-0.2, 0) is 17.6 Å². The number of aromatic nitrogens is 2. The number of fused-ring (bicyclic) bond motifs is 1. The molecule has 1 aromatic rings. The van der Waals surface area contributed by atoms with E-state index in [1.165, 1.54) is 17.7 Å². The first-order valence-electron chi connectivity index (χ1n) is 7.07. The van der Waals surface area contributed by atoms with Gasteiger partial charge in [-0.1, -0.05) is 0 Å². The fourth-order valence-electron chi connectivity index (χ4n) is 3.09. The van der Waals surface area contributed by atoms with Crippen LogP contribution in [0.5, 0.6) is 0 Å². The lowest BCUT2D eigenvalue weighted by Gasteiger charge is -2.25. The van der Waals surface area contributed by atoms with Crippen LogP contribution in [0.25, 0.3) is 0 Å². The van der Waals surface area contributed by atoms with Crippen LogP contribution in [0.15, 0.2) is 6.33 Å². The first kappa shape index (κ1) is 12.8. The third-order valence-electron chi connectivity index (χ3n) is 4.14. The van der Waals surface area contributed by atoms with Gasteiger partial charge in [-0.05, 0) is 12.8 Å². The molecule has 1 atom stereocenters. The van der Waals surface area contributed by atoms with Crippen molar-refractivity contribution in [2.24, 2.45) is 0 Å². The van der Waals surface area contributed by atoms with Gasteiger partial charge in [0.15, 0.2) is 0 Å². The second-order valence-electron chi connectivity index (χ2n) is 5.57. The van der Waals surface area contributed by atoms with Crippen molar-refractivity contribution in [2.75, 3.05) is 45.3 Å². The Labute approximate surface area is 114 Å². The molecule has 0 N–H and O–H groups in total. The standard InChI is InChI=1S/C14H22N4O/c1-17(2)14-12-3-6-18(11-5-8-19-9-11)7-4-13(12)15-10-16-14/h10-11H,3-9H2,1-2H3. The molecule has 3 heterocycles. The van der Waals surface area contributed by atoms with Gasteiger partial charge in [0.2, 0.25) is 0 Å². The summed E-state index contributed by atoms with van der Waals surface area (Å²) in [5.74, 6) is 1.08. The number of hydrogen-bond donors (Lipinski definition) is 0. The van der Waals surface area contributed by atoms with E-state index in [1.807, 2.05) is 0 Å². The van der Waals surface area contributed by atoms with Gasteiger partial charge in [0.1, 0.15) is 12.1 Å². The molecule has 1 aromatic heterocycles. The molecule has 2 aliphatic rings. The molecule has 0 radical (unpaired) electrons. The highest BCUT2D eigenvalue weighted by atomic mass is 16.5. The summed E-state index contributed by atoms with van der Waals surface area (Å²) < 4.78 is 5.51. The number of ether oxygens (including phenoxy) is 1. The average Bonchev–Trinajstić information content (AvgIpc) is 2.85. The van der Waals surface area contributed by atoms with Crippen LogP contribution in [0, 0.1) is 0 Å². The molecule has 19 heavy (non-hydrogen) atoms. The Balaban J connectivity index is 1.79. The maximum Gasteiger partial charge on any atom is 0.134 e. The van der Waals surface area contributed by atoms with Crippen LogP contribution in [-0.4, -0.2) is 61.3 Å². The summed E-state index contributed by atoms with van der Waals surface area (Å²) in [5, 5.41) is 0. The summed E-state index contributed by atoms with van der Waals surface area (Å²) in [4.78, 5) is 13.6. The maximum absolute atomic E-state index is 5.51. The third-order valence-corrected chi connectivity index (χ3v) is 4.14. The molecule has 0 bridgehead atoms. The Kier molecular flexibility index (Phi) is 3.66. The Morgan fingerprint density at radius 2 is 2.11 bits per heavy atom. The van der Waals surface area contributed by atoms with Crippen molar-refractivity contribution in [1.82, 2.24) is 14.9 Å². The molecular weight excluding hydrogens is 240 g/mol. The van der Waals surface area contributed by atoms with Crippen molar-refractivity contribution in [3.8, 4) is 0 Å². The normalized spacial score (nSPS) is 24.0. The van der Waals surface area contributed by atoms with Gasteiger partial charge < -0.3 is 9.64 Å². The molecule has 0 saturated carbocycles. The van der Waals surface area contributed by atoms with E-state index < -0.39 is 0 Å². The fraction of sp³-hybridized carbons (Fsp3) is 0.714. The van der Waals surface area contributed by atoms with E-state index in [0.29, 0.717) is 6.04 Å². The minimum Gasteiger partial charge on any atom is -0.380 e. The van der Waals surface area contributed by atoms with Gasteiger partial charge in [-0.25, -0.2) is 9.97 Å². The number of nitrogens with zero attached hydrogens (tertiary/aromatic N) is 4. The fourth-order valence-corrected chi connectivity index (χ4v) is 3.09. The maximum atomic E-state index is 5.51. The minimum absolute atomic E-state index is 0.602. The first-order valence-corrected chi connectivity index (χ1v) is 7.07. The number of rotatable bonds is 2. The molecule has 1 saturated heterocycles. The summed E-state index contributed by atoms with van der Waals surface area (Å²) in [6.07, 6.45) is 4.93. The average molecular weight is 262 g/mol. The van der Waals surface area contributed by atoms with Crippen molar-refractivity contribution in [3.05, 3.63) is 17.6 Å². The summed E-state index contributed by atoms with van der Waals surface area (Å²) >= 11 is 0. The zero-order valence-corrected chi connectivity index (χ0v) is 11.8. The zero-order chi connectivity index (χ0) is 13.2. The summed E-state index contributed by atoms with van der Waals surface area (Å²) in [6, 6.07) is 0.602. The molecule has 3 rings (SSSR count). The number of anilines is 1. The molecule has 0 aliphatic carbocycles. The van der Waals surface area contributed by atoms with E-state index in [1.54, 1.807) is 6.33 Å². The van der Waals surface area contributed by atoms with Crippen LogP contribution in [0.1, 0.15) is 17.7 Å². The molecule has 2 aliphatic heterocycles. The SMILES string of the molecule is CN(C)c1ncnc2c1CCN(C1CCOC1)CC2. The molecule has 5 heteroatoms. The Hall–Kier alpha value is -1.20. The molecule has 1 unspecified atom stereocenters. The zero-order valence-electron chi connectivity index (χ0n) is 11.8. The van der Waals surface area contributed by atoms with Crippen molar-refractivity contribution in [2.45, 2.75) is 25.3 Å². The van der Waals surface area contributed by atoms with E-state index in [2.05, 4.69) is 33.9 Å². The molecule has 104 valence electrons. The van der Waals surface area contributed by atoms with E-state index in [9.17, 15) is 0 Å². The highest BCUT2D eigenvalue weighted by molar-refractivity contribution is 5.48. The highest BCUT2D eigenvalue weighted by Crippen LogP contribution is 2.24. The van der Waals surface area contributed by atoms with Crippen LogP contribution in [0.2, 0.25) is 0 Å². The van der Waals surface area contributed by atoms with Gasteiger partial charge in [0, 0.05) is 51.8 Å². The summed E-state index contributed by atoms with van der Waals surface area (Å²) in [7, 11) is 4.10. The Morgan fingerprint density at radius 3 is 2.84 bits per heavy atom. The van der Waals surface area contributed by atoms with Gasteiger partial charge in [-0.3, -0.25) is 4.90 Å².